The van der Waals surface area contributed by atoms with Gasteiger partial charge in [0.1, 0.15) is 0 Å². The molecular weight excluding hydrogens is 483 g/mol. The number of alkyl halides is 9. The highest BCUT2D eigenvalue weighted by Crippen LogP contribution is 2.36. The van der Waals surface area contributed by atoms with Gasteiger partial charge in [0, 0.05) is 37.3 Å². The molecule has 1 aliphatic heterocycles. The molecule has 2 aromatic carbocycles. The van der Waals surface area contributed by atoms with Gasteiger partial charge in [-0.3, -0.25) is 9.59 Å². The Kier molecular flexibility index (Phi) is 6.60. The van der Waals surface area contributed by atoms with E-state index in [1.54, 1.807) is 0 Å². The Morgan fingerprint density at radius 3 is 1.24 bits per heavy atom. The van der Waals surface area contributed by atoms with Gasteiger partial charge in [-0.2, -0.15) is 39.5 Å². The summed E-state index contributed by atoms with van der Waals surface area (Å²) in [6.07, 6.45) is -14.8. The van der Waals surface area contributed by atoms with Gasteiger partial charge >= 0.3 is 18.5 Å². The molecule has 0 spiro atoms. The summed E-state index contributed by atoms with van der Waals surface area (Å²) in [6, 6.07) is 4.03. The van der Waals surface area contributed by atoms with Gasteiger partial charge in [-0.1, -0.05) is 0 Å². The van der Waals surface area contributed by atoms with E-state index in [1.807, 2.05) is 0 Å². The van der Waals surface area contributed by atoms with Crippen LogP contribution in [0.15, 0.2) is 42.5 Å². The van der Waals surface area contributed by atoms with Crippen molar-refractivity contribution in [3.05, 3.63) is 70.3 Å². The van der Waals surface area contributed by atoms with Crippen molar-refractivity contribution in [3.8, 4) is 0 Å². The molecule has 1 saturated heterocycles. The molecule has 0 bridgehead atoms. The molecule has 184 valence electrons. The van der Waals surface area contributed by atoms with Gasteiger partial charge in [-0.15, -0.1) is 0 Å². The normalized spacial score (nSPS) is 15.4. The van der Waals surface area contributed by atoms with Gasteiger partial charge < -0.3 is 9.80 Å². The fraction of sp³-hybridized carbons (Fsp3) is 0.333. The fourth-order valence-corrected chi connectivity index (χ4v) is 3.36. The number of benzene rings is 2. The first kappa shape index (κ1) is 25.4. The third kappa shape index (κ3) is 5.62. The molecule has 1 fully saturated rings. The van der Waals surface area contributed by atoms with Crippen LogP contribution in [-0.2, 0) is 18.5 Å². The average molecular weight is 498 g/mol. The zero-order valence-corrected chi connectivity index (χ0v) is 17.0. The van der Waals surface area contributed by atoms with E-state index in [1.165, 1.54) is 4.90 Å². The van der Waals surface area contributed by atoms with Crippen molar-refractivity contribution in [3.63, 3.8) is 0 Å². The third-order valence-electron chi connectivity index (χ3n) is 5.15. The standard InChI is InChI=1S/C21H15F9N2O2/c22-19(23,24)14-3-1-12(2-4-14)17(33)31-5-7-32(8-6-31)18(34)13-9-15(20(25,26)27)11-16(10-13)21(28,29)30/h1-4,9-11H,5-8H2. The predicted octanol–water partition coefficient (Wildman–Crippen LogP) is 5.34. The van der Waals surface area contributed by atoms with E-state index < -0.39 is 52.6 Å². The van der Waals surface area contributed by atoms with Gasteiger partial charge in [0.2, 0.25) is 0 Å². The maximum atomic E-state index is 13.0. The van der Waals surface area contributed by atoms with Crippen LogP contribution in [0.1, 0.15) is 37.4 Å². The van der Waals surface area contributed by atoms with Gasteiger partial charge in [0.15, 0.2) is 0 Å². The number of carbonyl (C=O) groups is 2. The van der Waals surface area contributed by atoms with Crippen molar-refractivity contribution in [2.24, 2.45) is 0 Å². The molecule has 0 saturated carbocycles. The number of hydrogen-bond donors (Lipinski definition) is 0. The van der Waals surface area contributed by atoms with Crippen molar-refractivity contribution in [2.45, 2.75) is 18.5 Å². The number of piperazine rings is 1. The molecule has 13 heteroatoms. The van der Waals surface area contributed by atoms with Crippen LogP contribution in [0, 0.1) is 0 Å². The van der Waals surface area contributed by atoms with Crippen LogP contribution in [0.5, 0.6) is 0 Å². The summed E-state index contributed by atoms with van der Waals surface area (Å²) < 4.78 is 116. The van der Waals surface area contributed by atoms with Crippen LogP contribution < -0.4 is 0 Å². The van der Waals surface area contributed by atoms with Crippen LogP contribution in [0.4, 0.5) is 39.5 Å². The summed E-state index contributed by atoms with van der Waals surface area (Å²) in [5.74, 6) is -1.70. The van der Waals surface area contributed by atoms with Gasteiger partial charge in [-0.25, -0.2) is 0 Å². The first-order chi connectivity index (χ1) is 15.6. The quantitative estimate of drug-likeness (QED) is 0.525. The maximum Gasteiger partial charge on any atom is 0.416 e. The van der Waals surface area contributed by atoms with E-state index in [0.29, 0.717) is 12.1 Å². The van der Waals surface area contributed by atoms with Gasteiger partial charge in [-0.05, 0) is 42.5 Å². The molecule has 1 aliphatic rings. The highest BCUT2D eigenvalue weighted by molar-refractivity contribution is 5.96. The highest BCUT2D eigenvalue weighted by Gasteiger charge is 2.38. The lowest BCUT2D eigenvalue weighted by Crippen LogP contribution is -2.50. The summed E-state index contributed by atoms with van der Waals surface area (Å²) >= 11 is 0. The fourth-order valence-electron chi connectivity index (χ4n) is 3.36. The average Bonchev–Trinajstić information content (AvgIpc) is 2.76. The summed E-state index contributed by atoms with van der Waals surface area (Å²) in [4.78, 5) is 27.4. The molecule has 0 unspecified atom stereocenters. The minimum Gasteiger partial charge on any atom is -0.335 e. The second-order valence-corrected chi connectivity index (χ2v) is 7.45. The Labute approximate surface area is 186 Å². The SMILES string of the molecule is O=C(c1ccc(C(F)(F)F)cc1)N1CCN(C(=O)c2cc(C(F)(F)F)cc(C(F)(F)F)c2)CC1. The molecular formula is C21H15F9N2O2. The Hall–Kier alpha value is -3.25. The highest BCUT2D eigenvalue weighted by atomic mass is 19.4. The zero-order chi connectivity index (χ0) is 25.5. The Balaban J connectivity index is 1.73. The van der Waals surface area contributed by atoms with Crippen molar-refractivity contribution >= 4 is 11.8 Å². The van der Waals surface area contributed by atoms with Crippen molar-refractivity contribution in [2.75, 3.05) is 26.2 Å². The molecule has 0 aliphatic carbocycles. The molecule has 2 aromatic rings. The number of amides is 2. The number of rotatable bonds is 2. The lowest BCUT2D eigenvalue weighted by molar-refractivity contribution is -0.143. The smallest absolute Gasteiger partial charge is 0.335 e. The van der Waals surface area contributed by atoms with E-state index in [0.717, 1.165) is 29.2 Å². The molecule has 4 nitrogen and oxygen atoms in total. The van der Waals surface area contributed by atoms with Crippen molar-refractivity contribution < 1.29 is 49.1 Å². The molecule has 1 heterocycles. The monoisotopic (exact) mass is 498 g/mol. The maximum absolute atomic E-state index is 13.0. The molecule has 34 heavy (non-hydrogen) atoms. The Bertz CT molecular complexity index is 1030. The molecule has 0 atom stereocenters. The number of hydrogen-bond acceptors (Lipinski definition) is 2. The lowest BCUT2D eigenvalue weighted by atomic mass is 10.0. The van der Waals surface area contributed by atoms with Gasteiger partial charge in [0.05, 0.1) is 16.7 Å². The number of nitrogens with zero attached hydrogens (tertiary/aromatic N) is 2. The van der Waals surface area contributed by atoms with E-state index in [9.17, 15) is 49.1 Å². The molecule has 2 amide bonds. The van der Waals surface area contributed by atoms with Gasteiger partial charge in [0.25, 0.3) is 11.8 Å². The number of halogens is 9. The third-order valence-corrected chi connectivity index (χ3v) is 5.15. The van der Waals surface area contributed by atoms with Crippen LogP contribution in [0.25, 0.3) is 0 Å². The van der Waals surface area contributed by atoms with Crippen LogP contribution in [-0.4, -0.2) is 47.8 Å². The number of carbonyl (C=O) groups excluding carboxylic acids is 2. The van der Waals surface area contributed by atoms with E-state index in [4.69, 9.17) is 0 Å². The minimum atomic E-state index is -5.11. The zero-order valence-electron chi connectivity index (χ0n) is 17.0. The Morgan fingerprint density at radius 1 is 0.529 bits per heavy atom. The van der Waals surface area contributed by atoms with E-state index in [2.05, 4.69) is 0 Å². The van der Waals surface area contributed by atoms with Crippen LogP contribution >= 0.6 is 0 Å². The summed E-state index contributed by atoms with van der Waals surface area (Å²) in [5, 5.41) is 0. The van der Waals surface area contributed by atoms with Crippen LogP contribution in [0.3, 0.4) is 0 Å². The topological polar surface area (TPSA) is 40.6 Å². The summed E-state index contributed by atoms with van der Waals surface area (Å²) in [6.45, 7) is -0.612. The van der Waals surface area contributed by atoms with Crippen LogP contribution in [0.2, 0.25) is 0 Å². The minimum absolute atomic E-state index is 0.0412. The largest absolute Gasteiger partial charge is 0.416 e. The van der Waals surface area contributed by atoms with E-state index >= 15 is 0 Å². The second-order valence-electron chi connectivity index (χ2n) is 7.45. The first-order valence-electron chi connectivity index (χ1n) is 9.62. The molecule has 3 rings (SSSR count). The van der Waals surface area contributed by atoms with Crippen molar-refractivity contribution in [1.29, 1.82) is 0 Å². The first-order valence-corrected chi connectivity index (χ1v) is 9.62. The van der Waals surface area contributed by atoms with Crippen molar-refractivity contribution in [1.82, 2.24) is 9.80 Å². The predicted molar refractivity (Wildman–Crippen MR) is 99.7 cm³/mol. The summed E-state index contributed by atoms with van der Waals surface area (Å²) in [5.41, 5.74) is -5.03. The molecule has 0 aromatic heterocycles. The lowest BCUT2D eigenvalue weighted by Gasteiger charge is -2.35. The van der Waals surface area contributed by atoms with E-state index in [-0.39, 0.29) is 37.8 Å². The molecule has 0 radical (unpaired) electrons. The Morgan fingerprint density at radius 2 is 0.882 bits per heavy atom. The molecule has 0 N–H and O–H groups in total. The summed E-state index contributed by atoms with van der Waals surface area (Å²) in [7, 11) is 0. The second kappa shape index (κ2) is 8.84.